The Labute approximate surface area is 95.2 Å². The summed E-state index contributed by atoms with van der Waals surface area (Å²) in [4.78, 5) is -0.103. The van der Waals surface area contributed by atoms with Gasteiger partial charge in [-0.15, -0.1) is 12.6 Å². The van der Waals surface area contributed by atoms with Gasteiger partial charge in [0, 0.05) is 13.8 Å². The molecule has 0 aliphatic carbocycles. The van der Waals surface area contributed by atoms with Crippen molar-refractivity contribution in [1.82, 2.24) is 0 Å². The summed E-state index contributed by atoms with van der Waals surface area (Å²) in [6, 6.07) is 2.64. The third-order valence-electron chi connectivity index (χ3n) is 1.32. The minimum Gasteiger partial charge on any atom is -0.166 e. The Bertz CT molecular complexity index is 312. The van der Waals surface area contributed by atoms with Crippen LogP contribution in [-0.4, -0.2) is 0 Å². The van der Waals surface area contributed by atoms with Gasteiger partial charge in [0.05, 0.1) is 5.56 Å². The van der Waals surface area contributed by atoms with E-state index in [1.807, 2.05) is 0 Å². The number of hydrogen-bond donors (Lipinski definition) is 1. The number of halogens is 5. The van der Waals surface area contributed by atoms with E-state index in [4.69, 9.17) is 0 Å². The second kappa shape index (κ2) is 3.82. The van der Waals surface area contributed by atoms with Gasteiger partial charge in [-0.1, -0.05) is 31.9 Å². The van der Waals surface area contributed by atoms with Crippen molar-refractivity contribution in [3.05, 3.63) is 26.6 Å². The summed E-state index contributed by atoms with van der Waals surface area (Å²) in [5.74, 6) is 0. The Balaban J connectivity index is 3.38. The molecule has 1 aromatic carbocycles. The van der Waals surface area contributed by atoms with Crippen molar-refractivity contribution in [2.45, 2.75) is 11.1 Å². The Morgan fingerprint density at radius 1 is 1.15 bits per heavy atom. The fraction of sp³-hybridized carbons (Fsp3) is 0.143. The van der Waals surface area contributed by atoms with Gasteiger partial charge >= 0.3 is 6.18 Å². The molecule has 0 aromatic heterocycles. The molecule has 0 N–H and O–H groups in total. The molecular weight excluding hydrogens is 333 g/mol. The molecule has 6 heteroatoms. The van der Waals surface area contributed by atoms with Crippen LogP contribution in [0.1, 0.15) is 5.56 Å². The first kappa shape index (κ1) is 11.4. The molecule has 0 aliphatic rings. The van der Waals surface area contributed by atoms with Gasteiger partial charge in [0.1, 0.15) is 0 Å². The SMILES string of the molecule is FC(F)(F)c1c(S)cc(Br)cc1Br. The van der Waals surface area contributed by atoms with Gasteiger partial charge < -0.3 is 0 Å². The lowest BCUT2D eigenvalue weighted by Gasteiger charge is -2.11. The van der Waals surface area contributed by atoms with Crippen LogP contribution in [0.15, 0.2) is 26.0 Å². The summed E-state index contributed by atoms with van der Waals surface area (Å²) in [6.45, 7) is 0. The van der Waals surface area contributed by atoms with E-state index in [1.54, 1.807) is 0 Å². The standard InChI is InChI=1S/C7H3Br2F3S/c8-3-1-4(9)6(5(13)2-3)7(10,11)12/h1-2,13H. The lowest BCUT2D eigenvalue weighted by Crippen LogP contribution is -2.07. The highest BCUT2D eigenvalue weighted by Gasteiger charge is 2.35. The van der Waals surface area contributed by atoms with Crippen molar-refractivity contribution >= 4 is 44.5 Å². The number of alkyl halides is 3. The minimum atomic E-state index is -4.38. The van der Waals surface area contributed by atoms with Crippen LogP contribution in [0.25, 0.3) is 0 Å². The normalized spacial score (nSPS) is 11.8. The van der Waals surface area contributed by atoms with Crippen LogP contribution in [0.3, 0.4) is 0 Å². The van der Waals surface area contributed by atoms with Crippen molar-refractivity contribution in [3.63, 3.8) is 0 Å². The largest absolute Gasteiger partial charge is 0.418 e. The molecule has 13 heavy (non-hydrogen) atoms. The van der Waals surface area contributed by atoms with E-state index in [2.05, 4.69) is 44.5 Å². The van der Waals surface area contributed by atoms with Crippen LogP contribution in [0.2, 0.25) is 0 Å². The Morgan fingerprint density at radius 3 is 2.08 bits per heavy atom. The van der Waals surface area contributed by atoms with Gasteiger partial charge in [0.15, 0.2) is 0 Å². The molecule has 0 bridgehead atoms. The summed E-state index contributed by atoms with van der Waals surface area (Å²) >= 11 is 9.65. The Kier molecular flexibility index (Phi) is 3.35. The van der Waals surface area contributed by atoms with Crippen LogP contribution in [0, 0.1) is 0 Å². The van der Waals surface area contributed by atoms with Gasteiger partial charge in [-0.2, -0.15) is 13.2 Å². The van der Waals surface area contributed by atoms with Crippen LogP contribution < -0.4 is 0 Å². The first-order valence-corrected chi connectivity index (χ1v) is 5.11. The zero-order valence-corrected chi connectivity index (χ0v) is 10.1. The maximum Gasteiger partial charge on any atom is 0.418 e. The van der Waals surface area contributed by atoms with Crippen LogP contribution in [0.5, 0.6) is 0 Å². The zero-order chi connectivity index (χ0) is 10.2. The molecule has 1 rings (SSSR count). The summed E-state index contributed by atoms with van der Waals surface area (Å²) < 4.78 is 37.6. The molecule has 0 fully saturated rings. The van der Waals surface area contributed by atoms with Gasteiger partial charge in [0.2, 0.25) is 0 Å². The van der Waals surface area contributed by atoms with E-state index >= 15 is 0 Å². The highest BCUT2D eigenvalue weighted by molar-refractivity contribution is 9.11. The van der Waals surface area contributed by atoms with Gasteiger partial charge in [-0.05, 0) is 12.1 Å². The van der Waals surface area contributed by atoms with Crippen molar-refractivity contribution < 1.29 is 13.2 Å². The predicted molar refractivity (Wildman–Crippen MR) is 54.1 cm³/mol. The van der Waals surface area contributed by atoms with E-state index in [0.29, 0.717) is 4.47 Å². The molecule has 0 unspecified atom stereocenters. The van der Waals surface area contributed by atoms with Crippen molar-refractivity contribution in [2.24, 2.45) is 0 Å². The maximum absolute atomic E-state index is 12.3. The first-order chi connectivity index (χ1) is 5.82. The summed E-state index contributed by atoms with van der Waals surface area (Å²) in [7, 11) is 0. The molecular formula is C7H3Br2F3S. The highest BCUT2D eigenvalue weighted by atomic mass is 79.9. The first-order valence-electron chi connectivity index (χ1n) is 3.07. The Hall–Kier alpha value is 0.320. The van der Waals surface area contributed by atoms with E-state index in [-0.39, 0.29) is 9.37 Å². The fourth-order valence-corrected chi connectivity index (χ4v) is 3.01. The lowest BCUT2D eigenvalue weighted by molar-refractivity contribution is -0.140. The average molecular weight is 336 g/mol. The van der Waals surface area contributed by atoms with Crippen LogP contribution in [0.4, 0.5) is 13.2 Å². The van der Waals surface area contributed by atoms with E-state index in [9.17, 15) is 13.2 Å². The summed E-state index contributed by atoms with van der Waals surface area (Å²) in [6.07, 6.45) is -4.38. The number of rotatable bonds is 0. The second-order valence-electron chi connectivity index (χ2n) is 2.28. The lowest BCUT2D eigenvalue weighted by atomic mass is 10.2. The molecule has 0 amide bonds. The van der Waals surface area contributed by atoms with E-state index < -0.39 is 11.7 Å². The molecule has 0 spiro atoms. The fourth-order valence-electron chi connectivity index (χ4n) is 0.841. The molecule has 1 aromatic rings. The topological polar surface area (TPSA) is 0 Å². The summed E-state index contributed by atoms with van der Waals surface area (Å²) in [5, 5.41) is 0. The molecule has 0 aliphatic heterocycles. The molecule has 0 radical (unpaired) electrons. The van der Waals surface area contributed by atoms with Crippen LogP contribution >= 0.6 is 44.5 Å². The molecule has 0 nitrogen and oxygen atoms in total. The second-order valence-corrected chi connectivity index (χ2v) is 4.53. The number of thiol groups is 1. The predicted octanol–water partition coefficient (Wildman–Crippen LogP) is 4.52. The third kappa shape index (κ3) is 2.63. The Morgan fingerprint density at radius 2 is 1.69 bits per heavy atom. The van der Waals surface area contributed by atoms with Gasteiger partial charge in [-0.25, -0.2) is 0 Å². The highest BCUT2D eigenvalue weighted by Crippen LogP contribution is 2.40. The molecule has 0 saturated carbocycles. The van der Waals surface area contributed by atoms with Crippen LogP contribution in [-0.2, 0) is 6.18 Å². The van der Waals surface area contributed by atoms with Crippen molar-refractivity contribution in [3.8, 4) is 0 Å². The minimum absolute atomic E-state index is 0.0145. The van der Waals surface area contributed by atoms with Gasteiger partial charge in [-0.3, -0.25) is 0 Å². The maximum atomic E-state index is 12.3. The van der Waals surface area contributed by atoms with E-state index in [0.717, 1.165) is 0 Å². The third-order valence-corrected chi connectivity index (χ3v) is 2.75. The molecule has 0 atom stereocenters. The average Bonchev–Trinajstić information content (AvgIpc) is 1.78. The summed E-state index contributed by atoms with van der Waals surface area (Å²) in [5.41, 5.74) is -0.751. The molecule has 0 heterocycles. The molecule has 0 saturated heterocycles. The number of hydrogen-bond acceptors (Lipinski definition) is 1. The smallest absolute Gasteiger partial charge is 0.166 e. The molecule has 72 valence electrons. The zero-order valence-electron chi connectivity index (χ0n) is 5.99. The van der Waals surface area contributed by atoms with Crippen molar-refractivity contribution in [1.29, 1.82) is 0 Å². The number of benzene rings is 1. The van der Waals surface area contributed by atoms with Crippen molar-refractivity contribution in [2.75, 3.05) is 0 Å². The van der Waals surface area contributed by atoms with Gasteiger partial charge in [0.25, 0.3) is 0 Å². The quantitative estimate of drug-likeness (QED) is 0.662. The van der Waals surface area contributed by atoms with E-state index in [1.165, 1.54) is 12.1 Å². The monoisotopic (exact) mass is 334 g/mol.